The van der Waals surface area contributed by atoms with Gasteiger partial charge >= 0.3 is 0 Å². The van der Waals surface area contributed by atoms with Crippen LogP contribution in [-0.4, -0.2) is 29.0 Å². The maximum Gasteiger partial charge on any atom is 0.101 e. The fourth-order valence-electron chi connectivity index (χ4n) is 1.63. The van der Waals surface area contributed by atoms with E-state index < -0.39 is 5.54 Å². The lowest BCUT2D eigenvalue weighted by molar-refractivity contribution is 0.132. The van der Waals surface area contributed by atoms with E-state index in [4.69, 9.17) is 5.26 Å². The highest BCUT2D eigenvalue weighted by Gasteiger charge is 2.27. The van der Waals surface area contributed by atoms with Gasteiger partial charge in [0.05, 0.1) is 30.0 Å². The number of nitrogens with one attached hydrogen (secondary N) is 1. The molecule has 0 saturated heterocycles. The largest absolute Gasteiger partial charge is 0.394 e. The summed E-state index contributed by atoms with van der Waals surface area (Å²) in [5.74, 6) is 0. The first kappa shape index (κ1) is 13.5. The van der Waals surface area contributed by atoms with Crippen molar-refractivity contribution in [3.05, 3.63) is 29.3 Å². The summed E-state index contributed by atoms with van der Waals surface area (Å²) in [6.45, 7) is 3.40. The minimum Gasteiger partial charge on any atom is -0.394 e. The van der Waals surface area contributed by atoms with E-state index in [0.29, 0.717) is 17.7 Å². The van der Waals surface area contributed by atoms with Crippen LogP contribution in [0.3, 0.4) is 0 Å². The van der Waals surface area contributed by atoms with Gasteiger partial charge in [-0.05, 0) is 25.0 Å². The molecule has 0 atom stereocenters. The molecule has 0 amide bonds. The zero-order valence-corrected chi connectivity index (χ0v) is 10.2. The summed E-state index contributed by atoms with van der Waals surface area (Å²) < 4.78 is 0. The summed E-state index contributed by atoms with van der Waals surface area (Å²) in [5, 5.41) is 30.9. The van der Waals surface area contributed by atoms with E-state index in [1.54, 1.807) is 6.07 Å². The highest BCUT2D eigenvalue weighted by atomic mass is 16.3. The third-order valence-corrected chi connectivity index (χ3v) is 3.07. The Morgan fingerprint density at radius 2 is 2.00 bits per heavy atom. The van der Waals surface area contributed by atoms with E-state index in [1.165, 1.54) is 0 Å². The van der Waals surface area contributed by atoms with Crippen LogP contribution in [-0.2, 0) is 0 Å². The first-order valence-corrected chi connectivity index (χ1v) is 5.62. The van der Waals surface area contributed by atoms with Crippen LogP contribution in [0, 0.1) is 18.3 Å². The van der Waals surface area contributed by atoms with Gasteiger partial charge in [0.2, 0.25) is 0 Å². The summed E-state index contributed by atoms with van der Waals surface area (Å²) in [6, 6.07) is 7.52. The SMILES string of the molecule is CCC(CO)(CO)Nc1c(C)cccc1C#N. The van der Waals surface area contributed by atoms with Crippen LogP contribution in [0.5, 0.6) is 0 Å². The molecule has 0 fully saturated rings. The Hall–Kier alpha value is -1.57. The topological polar surface area (TPSA) is 76.3 Å². The number of aliphatic hydroxyl groups is 2. The van der Waals surface area contributed by atoms with E-state index in [2.05, 4.69) is 11.4 Å². The molecule has 4 nitrogen and oxygen atoms in total. The van der Waals surface area contributed by atoms with Crippen LogP contribution in [0.1, 0.15) is 24.5 Å². The fraction of sp³-hybridized carbons (Fsp3) is 0.462. The van der Waals surface area contributed by atoms with Gasteiger partial charge in [-0.2, -0.15) is 5.26 Å². The summed E-state index contributed by atoms with van der Waals surface area (Å²) in [4.78, 5) is 0. The Bertz CT molecular complexity index is 412. The number of rotatable bonds is 5. The molecule has 3 N–H and O–H groups in total. The summed E-state index contributed by atoms with van der Waals surface area (Å²) >= 11 is 0. The predicted octanol–water partition coefficient (Wildman–Crippen LogP) is 1.41. The highest BCUT2D eigenvalue weighted by molar-refractivity contribution is 5.63. The van der Waals surface area contributed by atoms with Crippen LogP contribution in [0.2, 0.25) is 0 Å². The van der Waals surface area contributed by atoms with Crippen molar-refractivity contribution in [2.24, 2.45) is 0 Å². The zero-order chi connectivity index (χ0) is 12.9. The monoisotopic (exact) mass is 234 g/mol. The highest BCUT2D eigenvalue weighted by Crippen LogP contribution is 2.25. The van der Waals surface area contributed by atoms with E-state index in [9.17, 15) is 10.2 Å². The molecular formula is C13H18N2O2. The average Bonchev–Trinajstić information content (AvgIpc) is 2.38. The second kappa shape index (κ2) is 5.67. The van der Waals surface area contributed by atoms with Crippen molar-refractivity contribution in [3.63, 3.8) is 0 Å². The molecule has 17 heavy (non-hydrogen) atoms. The van der Waals surface area contributed by atoms with E-state index >= 15 is 0 Å². The van der Waals surface area contributed by atoms with Crippen LogP contribution in [0.4, 0.5) is 5.69 Å². The summed E-state index contributed by atoms with van der Waals surface area (Å²) in [5.41, 5.74) is 1.34. The lowest BCUT2D eigenvalue weighted by Crippen LogP contribution is -2.45. The number of nitrogens with zero attached hydrogens (tertiary/aromatic N) is 1. The van der Waals surface area contributed by atoms with Crippen LogP contribution < -0.4 is 5.32 Å². The Labute approximate surface area is 102 Å². The van der Waals surface area contributed by atoms with Crippen molar-refractivity contribution in [1.82, 2.24) is 0 Å². The normalized spacial score (nSPS) is 11.0. The Kier molecular flexibility index (Phi) is 4.50. The molecule has 0 unspecified atom stereocenters. The number of anilines is 1. The van der Waals surface area contributed by atoms with E-state index in [0.717, 1.165) is 5.56 Å². The quantitative estimate of drug-likeness (QED) is 0.720. The number of aliphatic hydroxyl groups excluding tert-OH is 2. The molecule has 0 spiro atoms. The first-order chi connectivity index (χ1) is 8.12. The molecule has 0 heterocycles. The average molecular weight is 234 g/mol. The lowest BCUT2D eigenvalue weighted by Gasteiger charge is -2.32. The molecular weight excluding hydrogens is 216 g/mol. The third-order valence-electron chi connectivity index (χ3n) is 3.07. The smallest absolute Gasteiger partial charge is 0.101 e. The molecule has 1 aromatic rings. The number of benzene rings is 1. The third kappa shape index (κ3) is 2.76. The molecule has 4 heteroatoms. The second-order valence-electron chi connectivity index (χ2n) is 4.18. The maximum atomic E-state index is 9.39. The summed E-state index contributed by atoms with van der Waals surface area (Å²) in [7, 11) is 0. The molecule has 0 bridgehead atoms. The standard InChI is InChI=1S/C13H18N2O2/c1-3-13(8-16,9-17)15-12-10(2)5-4-6-11(12)7-14/h4-6,15-17H,3,8-9H2,1-2H3. The fourth-order valence-corrected chi connectivity index (χ4v) is 1.63. The second-order valence-corrected chi connectivity index (χ2v) is 4.18. The van der Waals surface area contributed by atoms with Crippen molar-refractivity contribution < 1.29 is 10.2 Å². The molecule has 0 aliphatic carbocycles. The van der Waals surface area contributed by atoms with Gasteiger partial charge in [-0.15, -0.1) is 0 Å². The van der Waals surface area contributed by atoms with Gasteiger partial charge in [0.1, 0.15) is 6.07 Å². The van der Waals surface area contributed by atoms with E-state index in [1.807, 2.05) is 26.0 Å². The Balaban J connectivity index is 3.14. The van der Waals surface area contributed by atoms with E-state index in [-0.39, 0.29) is 13.2 Å². The van der Waals surface area contributed by atoms with Crippen molar-refractivity contribution in [2.45, 2.75) is 25.8 Å². The van der Waals surface area contributed by atoms with Crippen molar-refractivity contribution in [2.75, 3.05) is 18.5 Å². The minimum absolute atomic E-state index is 0.181. The molecule has 0 aromatic heterocycles. The number of nitriles is 1. The van der Waals surface area contributed by atoms with Gasteiger partial charge in [0.25, 0.3) is 0 Å². The molecule has 92 valence electrons. The van der Waals surface area contributed by atoms with Gasteiger partial charge in [-0.3, -0.25) is 0 Å². The molecule has 0 aliphatic rings. The number of hydrogen-bond acceptors (Lipinski definition) is 4. The van der Waals surface area contributed by atoms with Crippen molar-refractivity contribution >= 4 is 5.69 Å². The van der Waals surface area contributed by atoms with Crippen molar-refractivity contribution in [1.29, 1.82) is 5.26 Å². The predicted molar refractivity (Wildman–Crippen MR) is 66.7 cm³/mol. The Morgan fingerprint density at radius 1 is 1.35 bits per heavy atom. The van der Waals surface area contributed by atoms with Crippen LogP contribution in [0.25, 0.3) is 0 Å². The molecule has 1 rings (SSSR count). The maximum absolute atomic E-state index is 9.39. The molecule has 0 saturated carbocycles. The van der Waals surface area contributed by atoms with Crippen molar-refractivity contribution in [3.8, 4) is 6.07 Å². The molecule has 1 aromatic carbocycles. The van der Waals surface area contributed by atoms with Crippen LogP contribution >= 0.6 is 0 Å². The number of para-hydroxylation sites is 1. The molecule has 0 radical (unpaired) electrons. The lowest BCUT2D eigenvalue weighted by atomic mass is 9.96. The zero-order valence-electron chi connectivity index (χ0n) is 10.2. The summed E-state index contributed by atoms with van der Waals surface area (Å²) in [6.07, 6.45) is 0.569. The van der Waals surface area contributed by atoms with Crippen LogP contribution in [0.15, 0.2) is 18.2 Å². The van der Waals surface area contributed by atoms with Gasteiger partial charge in [-0.25, -0.2) is 0 Å². The van der Waals surface area contributed by atoms with Gasteiger partial charge < -0.3 is 15.5 Å². The van der Waals surface area contributed by atoms with Gasteiger partial charge in [0, 0.05) is 0 Å². The number of aryl methyl sites for hydroxylation is 1. The van der Waals surface area contributed by atoms with Gasteiger partial charge in [0.15, 0.2) is 0 Å². The first-order valence-electron chi connectivity index (χ1n) is 5.62. The number of hydrogen-bond donors (Lipinski definition) is 3. The Morgan fingerprint density at radius 3 is 2.47 bits per heavy atom. The molecule has 0 aliphatic heterocycles. The minimum atomic E-state index is -0.780. The van der Waals surface area contributed by atoms with Gasteiger partial charge in [-0.1, -0.05) is 19.1 Å².